The van der Waals surface area contributed by atoms with Crippen molar-refractivity contribution in [2.75, 3.05) is 12.4 Å². The van der Waals surface area contributed by atoms with Crippen molar-refractivity contribution in [1.82, 2.24) is 9.97 Å². The predicted molar refractivity (Wildman–Crippen MR) is 102 cm³/mol. The van der Waals surface area contributed by atoms with Crippen LogP contribution in [0.15, 0.2) is 36.7 Å². The Morgan fingerprint density at radius 3 is 2.68 bits per heavy atom. The van der Waals surface area contributed by atoms with Gasteiger partial charge in [-0.25, -0.2) is 14.4 Å². The number of fused-ring (bicyclic) bond motifs is 1. The van der Waals surface area contributed by atoms with Gasteiger partial charge < -0.3 is 10.1 Å². The second-order valence-electron chi connectivity index (χ2n) is 5.18. The van der Waals surface area contributed by atoms with Gasteiger partial charge in [-0.2, -0.15) is 0 Å². The molecule has 1 heterocycles. The van der Waals surface area contributed by atoms with Crippen molar-refractivity contribution in [3.05, 3.63) is 53.1 Å². The third kappa shape index (κ3) is 3.89. The minimum atomic E-state index is -0.537. The first-order chi connectivity index (χ1) is 11.5. The van der Waals surface area contributed by atoms with Gasteiger partial charge in [-0.1, -0.05) is 17.7 Å². The molecular weight excluding hydrogens is 388 g/mol. The van der Waals surface area contributed by atoms with Crippen LogP contribution in [-0.4, -0.2) is 17.1 Å². The fourth-order valence-corrected chi connectivity index (χ4v) is 2.76. The lowest BCUT2D eigenvalue weighted by atomic mass is 10.1. The van der Waals surface area contributed by atoms with Crippen LogP contribution in [0.5, 0.6) is 5.75 Å². The van der Waals surface area contributed by atoms with E-state index in [0.29, 0.717) is 22.5 Å². The average Bonchev–Trinajstić information content (AvgIpc) is 2.58. The molecule has 4 nitrogen and oxygen atoms in total. The van der Waals surface area contributed by atoms with Crippen molar-refractivity contribution in [2.45, 2.75) is 12.3 Å². The monoisotopic (exact) mass is 401 g/mol. The Morgan fingerprint density at radius 2 is 2.00 bits per heavy atom. The normalized spacial score (nSPS) is 11.7. The van der Waals surface area contributed by atoms with E-state index in [1.54, 1.807) is 25.3 Å². The molecule has 0 spiro atoms. The van der Waals surface area contributed by atoms with Gasteiger partial charge in [0, 0.05) is 17.0 Å². The van der Waals surface area contributed by atoms with Crippen molar-refractivity contribution in [3.8, 4) is 5.75 Å². The summed E-state index contributed by atoms with van der Waals surface area (Å²) in [6, 6.07) is 8.36. The Balaban J connectivity index is 0.00000225. The summed E-state index contributed by atoms with van der Waals surface area (Å²) in [5.74, 6) is 0.566. The summed E-state index contributed by atoms with van der Waals surface area (Å²) >= 11 is 12.1. The van der Waals surface area contributed by atoms with E-state index in [1.807, 2.05) is 13.0 Å². The number of aromatic nitrogens is 2. The first-order valence-electron chi connectivity index (χ1n) is 7.19. The number of anilines is 2. The largest absolute Gasteiger partial charge is 0.496 e. The lowest BCUT2D eigenvalue weighted by Crippen LogP contribution is -2.00. The first kappa shape index (κ1) is 19.5. The van der Waals surface area contributed by atoms with Crippen LogP contribution in [0.25, 0.3) is 10.9 Å². The highest BCUT2D eigenvalue weighted by Gasteiger charge is 2.15. The van der Waals surface area contributed by atoms with Gasteiger partial charge in [0.15, 0.2) is 5.82 Å². The van der Waals surface area contributed by atoms with Gasteiger partial charge in [0.25, 0.3) is 0 Å². The summed E-state index contributed by atoms with van der Waals surface area (Å²) in [6.45, 7) is 1.85. The number of nitrogens with one attached hydrogen (secondary N) is 1. The number of ether oxygens (including phenoxy) is 1. The van der Waals surface area contributed by atoms with Crippen LogP contribution in [0.3, 0.4) is 0 Å². The molecule has 2 aromatic carbocycles. The number of hydrogen-bond donors (Lipinski definition) is 1. The van der Waals surface area contributed by atoms with E-state index >= 15 is 0 Å². The van der Waals surface area contributed by atoms with Crippen LogP contribution in [0.4, 0.5) is 15.9 Å². The highest BCUT2D eigenvalue weighted by atomic mass is 35.5. The summed E-state index contributed by atoms with van der Waals surface area (Å²) < 4.78 is 19.5. The number of rotatable bonds is 4. The fraction of sp³-hybridized carbons (Fsp3) is 0.176. The van der Waals surface area contributed by atoms with E-state index in [2.05, 4.69) is 15.3 Å². The molecule has 25 heavy (non-hydrogen) atoms. The summed E-state index contributed by atoms with van der Waals surface area (Å²) in [5, 5.41) is 3.45. The van der Waals surface area contributed by atoms with Crippen LogP contribution in [0.2, 0.25) is 5.02 Å². The Labute approximate surface area is 160 Å². The van der Waals surface area contributed by atoms with Gasteiger partial charge in [-0.15, -0.1) is 24.0 Å². The number of methoxy groups -OCH3 is 1. The number of nitrogens with zero attached hydrogens (tertiary/aromatic N) is 2. The van der Waals surface area contributed by atoms with E-state index in [1.165, 1.54) is 12.4 Å². The topological polar surface area (TPSA) is 47.0 Å². The summed E-state index contributed by atoms with van der Waals surface area (Å²) in [4.78, 5) is 8.45. The van der Waals surface area contributed by atoms with Crippen LogP contribution in [-0.2, 0) is 0 Å². The van der Waals surface area contributed by atoms with Gasteiger partial charge in [-0.3, -0.25) is 0 Å². The molecule has 0 aliphatic heterocycles. The van der Waals surface area contributed by atoms with Crippen molar-refractivity contribution >= 4 is 58.0 Å². The lowest BCUT2D eigenvalue weighted by molar-refractivity contribution is 0.410. The standard InChI is InChI=1S/C17H14Cl2FN3O.ClH/c1-9(18)10-6-11-14(7-15(10)24-2)21-8-22-17(11)23-13-5-3-4-12(19)16(13)20;/h3-9H,1-2H3,(H,21,22,23);1H. The van der Waals surface area contributed by atoms with Gasteiger partial charge >= 0.3 is 0 Å². The zero-order chi connectivity index (χ0) is 17.3. The van der Waals surface area contributed by atoms with Crippen LogP contribution in [0, 0.1) is 5.82 Å². The maximum Gasteiger partial charge on any atom is 0.165 e. The molecule has 0 fully saturated rings. The molecule has 1 unspecified atom stereocenters. The Hall–Kier alpha value is -1.82. The maximum atomic E-state index is 14.1. The molecule has 1 aromatic heterocycles. The number of benzene rings is 2. The number of hydrogen-bond acceptors (Lipinski definition) is 4. The molecule has 8 heteroatoms. The van der Waals surface area contributed by atoms with E-state index in [0.717, 1.165) is 5.56 Å². The molecule has 1 atom stereocenters. The zero-order valence-corrected chi connectivity index (χ0v) is 15.7. The van der Waals surface area contributed by atoms with Gasteiger partial charge in [-0.05, 0) is 25.1 Å². The molecule has 1 N–H and O–H groups in total. The second kappa shape index (κ2) is 8.04. The van der Waals surface area contributed by atoms with Gasteiger partial charge in [0.05, 0.1) is 28.7 Å². The van der Waals surface area contributed by atoms with Crippen molar-refractivity contribution in [3.63, 3.8) is 0 Å². The van der Waals surface area contributed by atoms with Gasteiger partial charge in [0.1, 0.15) is 17.9 Å². The molecule has 0 amide bonds. The van der Waals surface area contributed by atoms with Crippen LogP contribution in [0.1, 0.15) is 17.9 Å². The van der Waals surface area contributed by atoms with Gasteiger partial charge in [0.2, 0.25) is 0 Å². The van der Waals surface area contributed by atoms with Crippen molar-refractivity contribution in [1.29, 1.82) is 0 Å². The van der Waals surface area contributed by atoms with Crippen LogP contribution >= 0.6 is 35.6 Å². The molecule has 0 aliphatic rings. The summed E-state index contributed by atoms with van der Waals surface area (Å²) in [6.07, 6.45) is 1.40. The fourth-order valence-electron chi connectivity index (χ4n) is 2.42. The Bertz CT molecular complexity index is 906. The predicted octanol–water partition coefficient (Wildman–Crippen LogP) is 5.90. The maximum absolute atomic E-state index is 14.1. The van der Waals surface area contributed by atoms with E-state index < -0.39 is 5.82 Å². The van der Waals surface area contributed by atoms with E-state index in [9.17, 15) is 4.39 Å². The van der Waals surface area contributed by atoms with E-state index in [4.69, 9.17) is 27.9 Å². The minimum absolute atomic E-state index is 0. The molecule has 0 bridgehead atoms. The molecule has 0 radical (unpaired) electrons. The van der Waals surface area contributed by atoms with E-state index in [-0.39, 0.29) is 28.5 Å². The second-order valence-corrected chi connectivity index (χ2v) is 6.24. The third-order valence-corrected chi connectivity index (χ3v) is 4.15. The minimum Gasteiger partial charge on any atom is -0.496 e. The highest BCUT2D eigenvalue weighted by Crippen LogP contribution is 2.35. The molecule has 0 saturated carbocycles. The molecule has 3 aromatic rings. The van der Waals surface area contributed by atoms with Crippen molar-refractivity contribution in [2.24, 2.45) is 0 Å². The zero-order valence-electron chi connectivity index (χ0n) is 13.4. The smallest absolute Gasteiger partial charge is 0.165 e. The van der Waals surface area contributed by atoms with Crippen molar-refractivity contribution < 1.29 is 9.13 Å². The Kier molecular flexibility index (Phi) is 6.27. The SMILES string of the molecule is COc1cc2ncnc(Nc3cccc(Cl)c3F)c2cc1C(C)Cl.Cl. The first-order valence-corrected chi connectivity index (χ1v) is 8.00. The molecular formula is C17H15Cl3FN3O. The molecule has 132 valence electrons. The number of alkyl halides is 1. The van der Waals surface area contributed by atoms with Crippen LogP contribution < -0.4 is 10.1 Å². The average molecular weight is 403 g/mol. The Morgan fingerprint density at radius 1 is 1.24 bits per heavy atom. The lowest BCUT2D eigenvalue weighted by Gasteiger charge is -2.14. The number of halogens is 4. The highest BCUT2D eigenvalue weighted by molar-refractivity contribution is 6.31. The summed E-state index contributed by atoms with van der Waals surface area (Å²) in [7, 11) is 1.58. The summed E-state index contributed by atoms with van der Waals surface area (Å²) in [5.41, 5.74) is 1.70. The molecule has 0 aliphatic carbocycles. The third-order valence-electron chi connectivity index (χ3n) is 3.62. The molecule has 0 saturated heterocycles. The molecule has 3 rings (SSSR count). The quantitative estimate of drug-likeness (QED) is 0.552.